The van der Waals surface area contributed by atoms with Crippen LogP contribution in [0.3, 0.4) is 0 Å². The Bertz CT molecular complexity index is 1100. The molecule has 6 heteroatoms. The number of benzene rings is 3. The van der Waals surface area contributed by atoms with Crippen LogP contribution in [0, 0.1) is 5.92 Å². The second-order valence-electron chi connectivity index (χ2n) is 8.04. The molecule has 1 aliphatic rings. The van der Waals surface area contributed by atoms with Gasteiger partial charge in [-0.15, -0.1) is 0 Å². The van der Waals surface area contributed by atoms with Crippen molar-refractivity contribution in [1.82, 2.24) is 0 Å². The number of carbonyl (C=O) groups excluding carboxylic acids is 2. The van der Waals surface area contributed by atoms with Crippen molar-refractivity contribution in [1.29, 1.82) is 0 Å². The van der Waals surface area contributed by atoms with Crippen molar-refractivity contribution in [3.63, 3.8) is 0 Å². The van der Waals surface area contributed by atoms with Crippen LogP contribution < -0.4 is 19.3 Å². The van der Waals surface area contributed by atoms with Gasteiger partial charge in [-0.25, -0.2) is 0 Å². The third kappa shape index (κ3) is 5.00. The molecule has 0 spiro atoms. The summed E-state index contributed by atoms with van der Waals surface area (Å²) in [5.74, 6) is 1.11. The largest absolute Gasteiger partial charge is 0.497 e. The highest BCUT2D eigenvalue weighted by Crippen LogP contribution is 2.35. The molecule has 1 atom stereocenters. The van der Waals surface area contributed by atoms with Crippen LogP contribution >= 0.6 is 0 Å². The predicted molar refractivity (Wildman–Crippen MR) is 129 cm³/mol. The lowest BCUT2D eigenvalue weighted by Gasteiger charge is -2.25. The maximum atomic E-state index is 13.3. The van der Waals surface area contributed by atoms with Crippen molar-refractivity contribution < 1.29 is 19.1 Å². The molecule has 170 valence electrons. The van der Waals surface area contributed by atoms with Crippen LogP contribution in [0.15, 0.2) is 78.9 Å². The molecule has 1 aliphatic heterocycles. The molecule has 0 saturated heterocycles. The van der Waals surface area contributed by atoms with Crippen LogP contribution in [-0.4, -0.2) is 38.6 Å². The minimum absolute atomic E-state index is 0.00950. The summed E-state index contributed by atoms with van der Waals surface area (Å²) in [7, 11) is 1.63. The van der Waals surface area contributed by atoms with Gasteiger partial charge in [0.1, 0.15) is 11.5 Å². The number of hydrogen-bond acceptors (Lipinski definition) is 4. The molecular weight excluding hydrogens is 416 g/mol. The summed E-state index contributed by atoms with van der Waals surface area (Å²) in [6, 6.07) is 24.2. The Hall–Kier alpha value is -3.80. The first-order valence-electron chi connectivity index (χ1n) is 11.1. The lowest BCUT2D eigenvalue weighted by atomic mass is 10.1. The second-order valence-corrected chi connectivity index (χ2v) is 8.04. The Morgan fingerprint density at radius 2 is 1.55 bits per heavy atom. The van der Waals surface area contributed by atoms with Crippen LogP contribution in [0.2, 0.25) is 0 Å². The lowest BCUT2D eigenvalue weighted by Crippen LogP contribution is -2.39. The van der Waals surface area contributed by atoms with Gasteiger partial charge >= 0.3 is 0 Å². The number of para-hydroxylation sites is 2. The molecule has 6 nitrogen and oxygen atoms in total. The number of methoxy groups -OCH3 is 1. The van der Waals surface area contributed by atoms with E-state index in [1.54, 1.807) is 29.0 Å². The van der Waals surface area contributed by atoms with Crippen molar-refractivity contribution in [3.8, 4) is 11.5 Å². The molecule has 2 amide bonds. The first kappa shape index (κ1) is 22.4. The smallest absolute Gasteiger partial charge is 0.258 e. The van der Waals surface area contributed by atoms with E-state index in [1.807, 2.05) is 73.7 Å². The fourth-order valence-corrected chi connectivity index (χ4v) is 4.00. The van der Waals surface area contributed by atoms with Crippen LogP contribution in [0.1, 0.15) is 23.7 Å². The molecule has 4 rings (SSSR count). The third-order valence-electron chi connectivity index (χ3n) is 5.73. The SMILES string of the molecule is COc1ccc(OCCCN2C(=O)C(C)CN(C(=O)c3ccccc3)c3ccccc32)cc1. The Balaban J connectivity index is 1.50. The number of amides is 2. The lowest BCUT2D eigenvalue weighted by molar-refractivity contribution is -0.121. The molecule has 0 saturated carbocycles. The van der Waals surface area contributed by atoms with E-state index < -0.39 is 0 Å². The molecule has 0 N–H and O–H groups in total. The monoisotopic (exact) mass is 444 g/mol. The number of rotatable bonds is 7. The Morgan fingerprint density at radius 3 is 2.24 bits per heavy atom. The average Bonchev–Trinajstić information content (AvgIpc) is 2.97. The van der Waals surface area contributed by atoms with E-state index in [1.165, 1.54) is 0 Å². The summed E-state index contributed by atoms with van der Waals surface area (Å²) in [5.41, 5.74) is 2.11. The van der Waals surface area contributed by atoms with Crippen molar-refractivity contribution in [2.45, 2.75) is 13.3 Å². The maximum absolute atomic E-state index is 13.3. The van der Waals surface area contributed by atoms with Gasteiger partial charge in [-0.2, -0.15) is 0 Å². The number of nitrogens with zero attached hydrogens (tertiary/aromatic N) is 2. The minimum Gasteiger partial charge on any atom is -0.497 e. The molecule has 0 bridgehead atoms. The molecule has 0 fully saturated rings. The van der Waals surface area contributed by atoms with Gasteiger partial charge in [-0.3, -0.25) is 9.59 Å². The van der Waals surface area contributed by atoms with Crippen molar-refractivity contribution in [2.75, 3.05) is 36.6 Å². The quantitative estimate of drug-likeness (QED) is 0.492. The Morgan fingerprint density at radius 1 is 0.909 bits per heavy atom. The summed E-state index contributed by atoms with van der Waals surface area (Å²) in [4.78, 5) is 30.1. The molecule has 3 aromatic carbocycles. The van der Waals surface area contributed by atoms with Crippen molar-refractivity contribution in [2.24, 2.45) is 5.92 Å². The molecule has 33 heavy (non-hydrogen) atoms. The molecule has 1 heterocycles. The number of fused-ring (bicyclic) bond motifs is 1. The van der Waals surface area contributed by atoms with E-state index in [2.05, 4.69) is 0 Å². The highest BCUT2D eigenvalue weighted by atomic mass is 16.5. The van der Waals surface area contributed by atoms with Gasteiger partial charge in [-0.05, 0) is 55.0 Å². The predicted octanol–water partition coefficient (Wildman–Crippen LogP) is 4.79. The number of anilines is 2. The maximum Gasteiger partial charge on any atom is 0.258 e. The van der Waals surface area contributed by atoms with Gasteiger partial charge in [-0.1, -0.05) is 37.3 Å². The zero-order chi connectivity index (χ0) is 23.2. The van der Waals surface area contributed by atoms with Gasteiger partial charge in [0.25, 0.3) is 5.91 Å². The van der Waals surface area contributed by atoms with E-state index >= 15 is 0 Å². The molecule has 0 radical (unpaired) electrons. The van der Waals surface area contributed by atoms with Gasteiger partial charge in [0.15, 0.2) is 0 Å². The molecular formula is C27H28N2O4. The number of hydrogen-bond donors (Lipinski definition) is 0. The molecule has 0 aromatic heterocycles. The fraction of sp³-hybridized carbons (Fsp3) is 0.259. The molecule has 1 unspecified atom stereocenters. The Labute approximate surface area is 194 Å². The van der Waals surface area contributed by atoms with E-state index in [0.717, 1.165) is 22.9 Å². The topological polar surface area (TPSA) is 59.1 Å². The van der Waals surface area contributed by atoms with Gasteiger partial charge in [0.05, 0.1) is 31.0 Å². The third-order valence-corrected chi connectivity index (χ3v) is 5.73. The normalized spacial score (nSPS) is 15.6. The highest BCUT2D eigenvalue weighted by molar-refractivity contribution is 6.11. The molecule has 3 aromatic rings. The zero-order valence-electron chi connectivity index (χ0n) is 18.9. The van der Waals surface area contributed by atoms with E-state index in [-0.39, 0.29) is 17.7 Å². The van der Waals surface area contributed by atoms with Crippen molar-refractivity contribution >= 4 is 23.2 Å². The standard InChI is InChI=1S/C27H28N2O4/c1-20-19-29(27(31)21-9-4-3-5-10-21)25-12-7-6-11-24(25)28(26(20)30)17-8-18-33-23-15-13-22(32-2)14-16-23/h3-7,9-16,20H,8,17-19H2,1-2H3. The average molecular weight is 445 g/mol. The second kappa shape index (κ2) is 10.2. The van der Waals surface area contributed by atoms with E-state index in [9.17, 15) is 9.59 Å². The van der Waals surface area contributed by atoms with Crippen LogP contribution in [0.4, 0.5) is 11.4 Å². The molecule has 0 aliphatic carbocycles. The van der Waals surface area contributed by atoms with Gasteiger partial charge in [0.2, 0.25) is 5.91 Å². The van der Waals surface area contributed by atoms with Crippen molar-refractivity contribution in [3.05, 3.63) is 84.4 Å². The summed E-state index contributed by atoms with van der Waals surface area (Å²) >= 11 is 0. The number of carbonyl (C=O) groups is 2. The summed E-state index contributed by atoms with van der Waals surface area (Å²) in [5, 5.41) is 0. The first-order chi connectivity index (χ1) is 16.1. The minimum atomic E-state index is -0.326. The zero-order valence-corrected chi connectivity index (χ0v) is 18.9. The van der Waals surface area contributed by atoms with Gasteiger partial charge < -0.3 is 19.3 Å². The van der Waals surface area contributed by atoms with Crippen LogP contribution in [0.25, 0.3) is 0 Å². The summed E-state index contributed by atoms with van der Waals surface area (Å²) in [6.07, 6.45) is 0.658. The van der Waals surface area contributed by atoms with Crippen LogP contribution in [-0.2, 0) is 4.79 Å². The van der Waals surface area contributed by atoms with Gasteiger partial charge in [0, 0.05) is 18.7 Å². The highest BCUT2D eigenvalue weighted by Gasteiger charge is 2.33. The Kier molecular flexibility index (Phi) is 6.93. The first-order valence-corrected chi connectivity index (χ1v) is 11.1. The summed E-state index contributed by atoms with van der Waals surface area (Å²) in [6.45, 7) is 3.19. The van der Waals surface area contributed by atoms with E-state index in [4.69, 9.17) is 9.47 Å². The van der Waals surface area contributed by atoms with Crippen LogP contribution in [0.5, 0.6) is 11.5 Å². The summed E-state index contributed by atoms with van der Waals surface area (Å²) < 4.78 is 11.0. The van der Waals surface area contributed by atoms with E-state index in [0.29, 0.717) is 31.7 Å². The fourth-order valence-electron chi connectivity index (χ4n) is 4.00. The number of ether oxygens (including phenoxy) is 2.